The van der Waals surface area contributed by atoms with Crippen LogP contribution in [0, 0.1) is 0 Å². The number of nitrogens with zero attached hydrogens (tertiary/aromatic N) is 3. The number of rotatable bonds is 5. The van der Waals surface area contributed by atoms with Gasteiger partial charge in [-0.3, -0.25) is 14.6 Å². The van der Waals surface area contributed by atoms with Crippen LogP contribution in [-0.4, -0.2) is 26.8 Å². The molecule has 2 aromatic heterocycles. The minimum Gasteiger partial charge on any atom is -0.322 e. The number of carbonyl (C=O) groups excluding carboxylic acids is 2. The van der Waals surface area contributed by atoms with Crippen LogP contribution in [0.3, 0.4) is 0 Å². The number of halogens is 1. The number of para-hydroxylation sites is 1. The van der Waals surface area contributed by atoms with Crippen molar-refractivity contribution in [2.45, 2.75) is 0 Å². The molecule has 0 fully saturated rings. The third-order valence-corrected chi connectivity index (χ3v) is 5.64. The Bertz CT molecular complexity index is 1550. The Balaban J connectivity index is 1.35. The number of hydrogen-bond acceptors (Lipinski definition) is 5. The molecule has 2 heterocycles. The molecule has 0 bridgehead atoms. The quantitative estimate of drug-likeness (QED) is 0.329. The fraction of sp³-hybridized carbons (Fsp3) is 0. The summed E-state index contributed by atoms with van der Waals surface area (Å²) in [5, 5.41) is 6.69. The normalized spacial score (nSPS) is 10.7. The maximum atomic E-state index is 12.9. The van der Waals surface area contributed by atoms with Crippen LogP contribution in [0.4, 0.5) is 11.4 Å². The number of fused-ring (bicyclic) bond motifs is 1. The number of carbonyl (C=O) groups is 2. The highest BCUT2D eigenvalue weighted by atomic mass is 35.5. The van der Waals surface area contributed by atoms with Crippen molar-refractivity contribution in [3.63, 3.8) is 0 Å². The van der Waals surface area contributed by atoms with Crippen molar-refractivity contribution in [1.82, 2.24) is 15.0 Å². The molecule has 0 radical (unpaired) electrons. The summed E-state index contributed by atoms with van der Waals surface area (Å²) in [6.07, 6.45) is 4.68. The second kappa shape index (κ2) is 9.70. The van der Waals surface area contributed by atoms with Gasteiger partial charge >= 0.3 is 0 Å². The van der Waals surface area contributed by atoms with Crippen LogP contribution in [0.2, 0.25) is 5.02 Å². The highest BCUT2D eigenvalue weighted by Gasteiger charge is 2.15. The summed E-state index contributed by atoms with van der Waals surface area (Å²) < 4.78 is 0. The van der Waals surface area contributed by atoms with Crippen LogP contribution >= 0.6 is 11.6 Å². The number of hydrogen-bond donors (Lipinski definition) is 2. The molecular formula is C27H18ClN5O2. The van der Waals surface area contributed by atoms with E-state index >= 15 is 0 Å². The third-order valence-electron chi connectivity index (χ3n) is 5.33. The van der Waals surface area contributed by atoms with Crippen LogP contribution < -0.4 is 10.6 Å². The van der Waals surface area contributed by atoms with Gasteiger partial charge in [0.25, 0.3) is 11.8 Å². The summed E-state index contributed by atoms with van der Waals surface area (Å²) in [6.45, 7) is 0. The average Bonchev–Trinajstić information content (AvgIpc) is 2.89. The lowest BCUT2D eigenvalue weighted by molar-refractivity contribution is 0.101. The number of benzene rings is 3. The molecule has 2 N–H and O–H groups in total. The molecule has 5 rings (SSSR count). The summed E-state index contributed by atoms with van der Waals surface area (Å²) in [6, 6.07) is 23.1. The van der Waals surface area contributed by atoms with Gasteiger partial charge in [0.05, 0.1) is 33.7 Å². The molecule has 0 spiro atoms. The lowest BCUT2D eigenvalue weighted by atomic mass is 10.1. The molecule has 0 unspecified atom stereocenters. The van der Waals surface area contributed by atoms with Crippen molar-refractivity contribution >= 4 is 45.7 Å². The summed E-state index contributed by atoms with van der Waals surface area (Å²) in [5.74, 6) is -0.740. The molecule has 0 saturated heterocycles. The standard InChI is InChI=1S/C27H18ClN5O2/c28-23-14-18(26(34)33-20-7-4-12-29-15-20)10-11-21(23)27(35)32-19-6-3-5-17(13-19)25-22-8-1-2-9-24(22)30-16-31-25/h1-16H,(H,32,35)(H,33,34). The van der Waals surface area contributed by atoms with Crippen molar-refractivity contribution in [3.05, 3.63) is 114 Å². The number of anilines is 2. The molecule has 0 atom stereocenters. The molecule has 2 amide bonds. The van der Waals surface area contributed by atoms with E-state index in [-0.39, 0.29) is 22.4 Å². The van der Waals surface area contributed by atoms with Gasteiger partial charge in [-0.05, 0) is 48.5 Å². The minimum atomic E-state index is -0.390. The second-order valence-corrected chi connectivity index (χ2v) is 8.07. The van der Waals surface area contributed by atoms with Crippen molar-refractivity contribution in [2.24, 2.45) is 0 Å². The van der Waals surface area contributed by atoms with Crippen LogP contribution in [0.25, 0.3) is 22.2 Å². The topological polar surface area (TPSA) is 96.9 Å². The Morgan fingerprint density at radius 2 is 1.60 bits per heavy atom. The van der Waals surface area contributed by atoms with Gasteiger partial charge in [-0.2, -0.15) is 0 Å². The number of nitrogens with one attached hydrogen (secondary N) is 2. The molecule has 3 aromatic carbocycles. The molecule has 0 saturated carbocycles. The Morgan fingerprint density at radius 1 is 0.771 bits per heavy atom. The molecule has 170 valence electrons. The van der Waals surface area contributed by atoms with E-state index in [0.29, 0.717) is 16.9 Å². The smallest absolute Gasteiger partial charge is 0.257 e. The molecule has 0 aliphatic rings. The van der Waals surface area contributed by atoms with Gasteiger partial charge in [0.15, 0.2) is 0 Å². The Labute approximate surface area is 205 Å². The summed E-state index contributed by atoms with van der Waals surface area (Å²) >= 11 is 6.36. The van der Waals surface area contributed by atoms with Gasteiger partial charge < -0.3 is 10.6 Å². The average molecular weight is 480 g/mol. The molecule has 0 aliphatic carbocycles. The summed E-state index contributed by atoms with van der Waals surface area (Å²) in [7, 11) is 0. The maximum Gasteiger partial charge on any atom is 0.257 e. The van der Waals surface area contributed by atoms with Crippen LogP contribution in [0.1, 0.15) is 20.7 Å². The van der Waals surface area contributed by atoms with E-state index in [2.05, 4.69) is 25.6 Å². The fourth-order valence-corrected chi connectivity index (χ4v) is 3.92. The zero-order chi connectivity index (χ0) is 24.2. The maximum absolute atomic E-state index is 12.9. The lowest BCUT2D eigenvalue weighted by Crippen LogP contribution is -2.15. The van der Waals surface area contributed by atoms with Gasteiger partial charge in [0.1, 0.15) is 6.33 Å². The second-order valence-electron chi connectivity index (χ2n) is 7.66. The van der Waals surface area contributed by atoms with E-state index in [1.807, 2.05) is 42.5 Å². The van der Waals surface area contributed by atoms with E-state index in [1.165, 1.54) is 18.5 Å². The first kappa shape index (κ1) is 22.2. The minimum absolute atomic E-state index is 0.166. The Kier molecular flexibility index (Phi) is 6.15. The lowest BCUT2D eigenvalue weighted by Gasteiger charge is -2.11. The molecule has 8 heteroatoms. The van der Waals surface area contributed by atoms with E-state index < -0.39 is 0 Å². The monoisotopic (exact) mass is 479 g/mol. The third kappa shape index (κ3) is 4.85. The fourth-order valence-electron chi connectivity index (χ4n) is 3.66. The van der Waals surface area contributed by atoms with E-state index in [4.69, 9.17) is 11.6 Å². The predicted molar refractivity (Wildman–Crippen MR) is 137 cm³/mol. The van der Waals surface area contributed by atoms with Gasteiger partial charge in [-0.25, -0.2) is 9.97 Å². The number of amides is 2. The van der Waals surface area contributed by atoms with E-state index in [0.717, 1.165) is 22.2 Å². The van der Waals surface area contributed by atoms with Crippen LogP contribution in [-0.2, 0) is 0 Å². The van der Waals surface area contributed by atoms with Gasteiger partial charge in [0, 0.05) is 28.4 Å². The molecule has 35 heavy (non-hydrogen) atoms. The van der Waals surface area contributed by atoms with Crippen molar-refractivity contribution in [3.8, 4) is 11.3 Å². The number of aromatic nitrogens is 3. The van der Waals surface area contributed by atoms with Gasteiger partial charge in [-0.15, -0.1) is 0 Å². The SMILES string of the molecule is O=C(Nc1cccnc1)c1ccc(C(=O)Nc2cccc(-c3ncnc4ccccc34)c2)c(Cl)c1. The molecular weight excluding hydrogens is 462 g/mol. The van der Waals surface area contributed by atoms with Crippen LogP contribution in [0.5, 0.6) is 0 Å². The molecule has 0 aliphatic heterocycles. The predicted octanol–water partition coefficient (Wildman–Crippen LogP) is 5.85. The first-order chi connectivity index (χ1) is 17.1. The number of pyridine rings is 1. The molecule has 7 nitrogen and oxygen atoms in total. The van der Waals surface area contributed by atoms with Gasteiger partial charge in [0.2, 0.25) is 0 Å². The first-order valence-electron chi connectivity index (χ1n) is 10.7. The Hall–Kier alpha value is -4.62. The van der Waals surface area contributed by atoms with Crippen molar-refractivity contribution < 1.29 is 9.59 Å². The highest BCUT2D eigenvalue weighted by Crippen LogP contribution is 2.28. The van der Waals surface area contributed by atoms with Crippen molar-refractivity contribution in [2.75, 3.05) is 10.6 Å². The zero-order valence-electron chi connectivity index (χ0n) is 18.3. The first-order valence-corrected chi connectivity index (χ1v) is 11.1. The zero-order valence-corrected chi connectivity index (χ0v) is 19.0. The van der Waals surface area contributed by atoms with Crippen molar-refractivity contribution in [1.29, 1.82) is 0 Å². The largest absolute Gasteiger partial charge is 0.322 e. The van der Waals surface area contributed by atoms with E-state index in [9.17, 15) is 9.59 Å². The van der Waals surface area contributed by atoms with Crippen LogP contribution in [0.15, 0.2) is 97.6 Å². The Morgan fingerprint density at radius 3 is 2.43 bits per heavy atom. The summed E-state index contributed by atoms with van der Waals surface area (Å²) in [4.78, 5) is 38.1. The highest BCUT2D eigenvalue weighted by molar-refractivity contribution is 6.35. The van der Waals surface area contributed by atoms with E-state index in [1.54, 1.807) is 36.7 Å². The van der Waals surface area contributed by atoms with Gasteiger partial charge in [-0.1, -0.05) is 41.9 Å². The summed E-state index contributed by atoms with van der Waals surface area (Å²) in [5.41, 5.74) is 4.18. The molecule has 5 aromatic rings.